The summed E-state index contributed by atoms with van der Waals surface area (Å²) in [5.74, 6) is 2.03. The number of hydrogen-bond donors (Lipinski definition) is 0. The number of anilines is 1. The van der Waals surface area contributed by atoms with Crippen molar-refractivity contribution in [2.75, 3.05) is 31.1 Å². The minimum absolute atomic E-state index is 0.0561. The van der Waals surface area contributed by atoms with Gasteiger partial charge in [-0.2, -0.15) is 4.98 Å². The predicted molar refractivity (Wildman–Crippen MR) is 88.0 cm³/mol. The van der Waals surface area contributed by atoms with E-state index in [1.54, 1.807) is 16.7 Å². The van der Waals surface area contributed by atoms with Crippen LogP contribution in [0.15, 0.2) is 39.8 Å². The second-order valence-electron chi connectivity index (χ2n) is 5.88. The fourth-order valence-electron chi connectivity index (χ4n) is 2.93. The highest BCUT2D eigenvalue weighted by molar-refractivity contribution is 5.48. The van der Waals surface area contributed by atoms with Gasteiger partial charge < -0.3 is 9.42 Å². The molecule has 0 bridgehead atoms. The molecule has 0 unspecified atom stereocenters. The van der Waals surface area contributed by atoms with Crippen LogP contribution in [0.2, 0.25) is 0 Å². The van der Waals surface area contributed by atoms with Crippen molar-refractivity contribution in [3.63, 3.8) is 0 Å². The molecule has 3 aromatic heterocycles. The van der Waals surface area contributed by atoms with Crippen LogP contribution in [0.25, 0.3) is 5.65 Å². The number of aryl methyl sites for hydroxylation is 1. The zero-order valence-electron chi connectivity index (χ0n) is 13.4. The summed E-state index contributed by atoms with van der Waals surface area (Å²) in [6.07, 6.45) is 1.73. The van der Waals surface area contributed by atoms with Gasteiger partial charge >= 0.3 is 0 Å². The molecule has 0 radical (unpaired) electrons. The maximum atomic E-state index is 12.2. The Morgan fingerprint density at radius 3 is 2.75 bits per heavy atom. The molecule has 8 heteroatoms. The highest BCUT2D eigenvalue weighted by atomic mass is 16.5. The van der Waals surface area contributed by atoms with Crippen molar-refractivity contribution in [2.24, 2.45) is 0 Å². The van der Waals surface area contributed by atoms with Gasteiger partial charge in [0, 0.05) is 38.4 Å². The fourth-order valence-corrected chi connectivity index (χ4v) is 2.93. The summed E-state index contributed by atoms with van der Waals surface area (Å²) in [5, 5.41) is 3.81. The largest absolute Gasteiger partial charge is 0.354 e. The highest BCUT2D eigenvalue weighted by Crippen LogP contribution is 2.14. The second-order valence-corrected chi connectivity index (χ2v) is 5.88. The fraction of sp³-hybridized carbons (Fsp3) is 0.375. The molecule has 24 heavy (non-hydrogen) atoms. The van der Waals surface area contributed by atoms with E-state index >= 15 is 0 Å². The lowest BCUT2D eigenvalue weighted by Crippen LogP contribution is -2.46. The van der Waals surface area contributed by atoms with Crippen LogP contribution >= 0.6 is 0 Å². The van der Waals surface area contributed by atoms with E-state index in [0.717, 1.165) is 32.0 Å². The molecule has 0 saturated carbocycles. The Hall–Kier alpha value is -2.74. The summed E-state index contributed by atoms with van der Waals surface area (Å²) in [6.45, 7) is 5.80. The molecule has 0 N–H and O–H groups in total. The van der Waals surface area contributed by atoms with Crippen LogP contribution in [-0.4, -0.2) is 50.6 Å². The Balaban J connectivity index is 1.46. The topological polar surface area (TPSA) is 79.8 Å². The molecule has 124 valence electrons. The standard InChI is InChI=1S/C16H18N6O2/c1-12-17-15(24-19-12)11-20-6-8-21(9-7-20)14-10-16(23)22-5-3-2-4-13(22)18-14/h2-5,10H,6-9,11H2,1H3. The zero-order chi connectivity index (χ0) is 16.5. The average molecular weight is 326 g/mol. The van der Waals surface area contributed by atoms with Gasteiger partial charge in [-0.05, 0) is 19.1 Å². The molecule has 0 amide bonds. The van der Waals surface area contributed by atoms with Gasteiger partial charge in [0.2, 0.25) is 5.89 Å². The molecule has 0 spiro atoms. The lowest BCUT2D eigenvalue weighted by Gasteiger charge is -2.34. The van der Waals surface area contributed by atoms with Crippen molar-refractivity contribution in [3.05, 3.63) is 52.5 Å². The molecule has 1 aliphatic heterocycles. The summed E-state index contributed by atoms with van der Waals surface area (Å²) in [7, 11) is 0. The number of pyridine rings is 1. The maximum Gasteiger partial charge on any atom is 0.259 e. The summed E-state index contributed by atoms with van der Waals surface area (Å²) in [5.41, 5.74) is 0.614. The second kappa shape index (κ2) is 6.04. The van der Waals surface area contributed by atoms with Crippen LogP contribution in [0.1, 0.15) is 11.7 Å². The molecule has 3 aromatic rings. The van der Waals surface area contributed by atoms with Crippen molar-refractivity contribution < 1.29 is 4.52 Å². The summed E-state index contributed by atoms with van der Waals surface area (Å²) >= 11 is 0. The number of hydrogen-bond acceptors (Lipinski definition) is 7. The Labute approximate surface area is 138 Å². The molecule has 8 nitrogen and oxygen atoms in total. The lowest BCUT2D eigenvalue weighted by atomic mass is 10.3. The van der Waals surface area contributed by atoms with Gasteiger partial charge in [-0.25, -0.2) is 4.98 Å². The van der Waals surface area contributed by atoms with E-state index < -0.39 is 0 Å². The van der Waals surface area contributed by atoms with E-state index in [1.165, 1.54) is 0 Å². The van der Waals surface area contributed by atoms with Gasteiger partial charge in [-0.15, -0.1) is 0 Å². The predicted octanol–water partition coefficient (Wildman–Crippen LogP) is 0.708. The van der Waals surface area contributed by atoms with E-state index in [2.05, 4.69) is 24.9 Å². The molecule has 1 saturated heterocycles. The molecule has 0 aliphatic carbocycles. The number of piperazine rings is 1. The van der Waals surface area contributed by atoms with E-state index in [4.69, 9.17) is 4.52 Å². The van der Waals surface area contributed by atoms with Crippen molar-refractivity contribution in [2.45, 2.75) is 13.5 Å². The first-order valence-electron chi connectivity index (χ1n) is 7.94. The van der Waals surface area contributed by atoms with E-state index in [1.807, 2.05) is 25.1 Å². The number of fused-ring (bicyclic) bond motifs is 1. The third kappa shape index (κ3) is 2.88. The molecule has 4 heterocycles. The normalized spacial score (nSPS) is 16.0. The van der Waals surface area contributed by atoms with E-state index in [9.17, 15) is 4.79 Å². The SMILES string of the molecule is Cc1noc(CN2CCN(c3cc(=O)n4ccccc4n3)CC2)n1. The van der Waals surface area contributed by atoms with Crippen LogP contribution in [-0.2, 0) is 6.54 Å². The summed E-state index contributed by atoms with van der Waals surface area (Å²) in [4.78, 5) is 25.5. The third-order valence-corrected chi connectivity index (χ3v) is 4.18. The Morgan fingerprint density at radius 2 is 2.00 bits per heavy atom. The van der Waals surface area contributed by atoms with Crippen molar-refractivity contribution >= 4 is 11.5 Å². The molecule has 1 fully saturated rings. The molecular formula is C16H18N6O2. The highest BCUT2D eigenvalue weighted by Gasteiger charge is 2.20. The smallest absolute Gasteiger partial charge is 0.259 e. The number of nitrogens with zero attached hydrogens (tertiary/aromatic N) is 6. The van der Waals surface area contributed by atoms with Crippen LogP contribution in [0.3, 0.4) is 0 Å². The molecule has 4 rings (SSSR count). The number of rotatable bonds is 3. The van der Waals surface area contributed by atoms with Crippen LogP contribution in [0.5, 0.6) is 0 Å². The van der Waals surface area contributed by atoms with Gasteiger partial charge in [-0.1, -0.05) is 11.2 Å². The Morgan fingerprint density at radius 1 is 1.17 bits per heavy atom. The van der Waals surface area contributed by atoms with Gasteiger partial charge in [0.15, 0.2) is 5.82 Å². The van der Waals surface area contributed by atoms with Crippen molar-refractivity contribution in [1.82, 2.24) is 24.4 Å². The van der Waals surface area contributed by atoms with Crippen LogP contribution in [0, 0.1) is 6.92 Å². The minimum Gasteiger partial charge on any atom is -0.354 e. The Kier molecular flexibility index (Phi) is 3.73. The molecule has 0 aromatic carbocycles. The Bertz CT molecular complexity index is 910. The molecular weight excluding hydrogens is 308 g/mol. The zero-order valence-corrected chi connectivity index (χ0v) is 13.4. The van der Waals surface area contributed by atoms with Crippen molar-refractivity contribution in [3.8, 4) is 0 Å². The quantitative estimate of drug-likeness (QED) is 0.701. The third-order valence-electron chi connectivity index (χ3n) is 4.18. The molecule has 1 aliphatic rings. The monoisotopic (exact) mass is 326 g/mol. The van der Waals surface area contributed by atoms with Crippen molar-refractivity contribution in [1.29, 1.82) is 0 Å². The first-order valence-corrected chi connectivity index (χ1v) is 7.94. The first-order chi connectivity index (χ1) is 11.7. The maximum absolute atomic E-state index is 12.2. The molecule has 0 atom stereocenters. The van der Waals surface area contributed by atoms with Gasteiger partial charge in [0.25, 0.3) is 5.56 Å². The van der Waals surface area contributed by atoms with E-state index in [-0.39, 0.29) is 5.56 Å². The van der Waals surface area contributed by atoms with Gasteiger partial charge in [0.05, 0.1) is 6.54 Å². The average Bonchev–Trinajstić information content (AvgIpc) is 3.00. The van der Waals surface area contributed by atoms with E-state index in [0.29, 0.717) is 23.9 Å². The number of aromatic nitrogens is 4. The van der Waals surface area contributed by atoms with Gasteiger partial charge in [0.1, 0.15) is 11.5 Å². The van der Waals surface area contributed by atoms with Crippen LogP contribution < -0.4 is 10.5 Å². The van der Waals surface area contributed by atoms with Crippen LogP contribution in [0.4, 0.5) is 5.82 Å². The summed E-state index contributed by atoms with van der Waals surface area (Å²) in [6, 6.07) is 7.16. The lowest BCUT2D eigenvalue weighted by molar-refractivity contribution is 0.215. The minimum atomic E-state index is -0.0561. The summed E-state index contributed by atoms with van der Waals surface area (Å²) < 4.78 is 6.72. The first kappa shape index (κ1) is 14.8. The van der Waals surface area contributed by atoms with Gasteiger partial charge in [-0.3, -0.25) is 14.1 Å².